The third-order valence-electron chi connectivity index (χ3n) is 3.47. The van der Waals surface area contributed by atoms with Gasteiger partial charge >= 0.3 is 0 Å². The van der Waals surface area contributed by atoms with Crippen molar-refractivity contribution in [3.8, 4) is 23.0 Å². The fourth-order valence-corrected chi connectivity index (χ4v) is 2.31. The summed E-state index contributed by atoms with van der Waals surface area (Å²) in [5.41, 5.74) is 2.51. The van der Waals surface area contributed by atoms with Gasteiger partial charge in [0, 0.05) is 5.56 Å². The monoisotopic (exact) mass is 314 g/mol. The third kappa shape index (κ3) is 3.83. The van der Waals surface area contributed by atoms with Crippen molar-refractivity contribution in [2.45, 2.75) is 27.2 Å². The van der Waals surface area contributed by atoms with E-state index in [-0.39, 0.29) is 0 Å². The van der Waals surface area contributed by atoms with E-state index in [0.29, 0.717) is 29.4 Å². The van der Waals surface area contributed by atoms with Crippen LogP contribution in [0.1, 0.15) is 34.8 Å². The molecule has 0 saturated heterocycles. The molecule has 4 nitrogen and oxygen atoms in total. The molecule has 0 aliphatic rings. The Kier molecular flexibility index (Phi) is 5.63. The molecule has 0 aliphatic carbocycles. The average Bonchev–Trinajstić information content (AvgIpc) is 2.56. The highest BCUT2D eigenvalue weighted by Gasteiger charge is 2.17. The van der Waals surface area contributed by atoms with Crippen molar-refractivity contribution < 1.29 is 19.0 Å². The van der Waals surface area contributed by atoms with E-state index in [9.17, 15) is 4.79 Å². The van der Waals surface area contributed by atoms with Gasteiger partial charge in [-0.15, -0.1) is 0 Å². The van der Waals surface area contributed by atoms with E-state index in [4.69, 9.17) is 14.2 Å². The van der Waals surface area contributed by atoms with E-state index in [1.165, 1.54) is 0 Å². The second-order valence-corrected chi connectivity index (χ2v) is 5.34. The van der Waals surface area contributed by atoms with Gasteiger partial charge in [0.1, 0.15) is 12.0 Å². The minimum Gasteiger partial charge on any atom is -0.493 e. The van der Waals surface area contributed by atoms with Crippen LogP contribution in [0, 0.1) is 13.8 Å². The topological polar surface area (TPSA) is 44.8 Å². The van der Waals surface area contributed by atoms with Gasteiger partial charge in [0.25, 0.3) is 0 Å². The van der Waals surface area contributed by atoms with Gasteiger partial charge in [-0.25, -0.2) is 0 Å². The number of benzene rings is 2. The predicted molar refractivity (Wildman–Crippen MR) is 90.2 cm³/mol. The number of carbonyl (C=O) groups excluding carboxylic acids is 1. The highest BCUT2D eigenvalue weighted by molar-refractivity contribution is 5.78. The smallest absolute Gasteiger partial charge is 0.204 e. The highest BCUT2D eigenvalue weighted by Crippen LogP contribution is 2.42. The van der Waals surface area contributed by atoms with Crippen molar-refractivity contribution in [1.29, 1.82) is 0 Å². The van der Waals surface area contributed by atoms with Crippen molar-refractivity contribution in [2.24, 2.45) is 0 Å². The van der Waals surface area contributed by atoms with Crippen LogP contribution in [0.5, 0.6) is 23.0 Å². The number of carbonyl (C=O) groups is 1. The molecule has 2 rings (SSSR count). The highest BCUT2D eigenvalue weighted by atomic mass is 16.5. The molecule has 0 N–H and O–H groups in total. The van der Waals surface area contributed by atoms with Gasteiger partial charge in [-0.1, -0.05) is 25.1 Å². The van der Waals surface area contributed by atoms with E-state index < -0.39 is 0 Å². The Morgan fingerprint density at radius 2 is 1.70 bits per heavy atom. The van der Waals surface area contributed by atoms with Crippen LogP contribution in [0.3, 0.4) is 0 Å². The van der Waals surface area contributed by atoms with Gasteiger partial charge < -0.3 is 14.2 Å². The zero-order valence-corrected chi connectivity index (χ0v) is 14.0. The molecule has 0 unspecified atom stereocenters. The summed E-state index contributed by atoms with van der Waals surface area (Å²) < 4.78 is 17.2. The maximum atomic E-state index is 11.2. The van der Waals surface area contributed by atoms with E-state index in [2.05, 4.69) is 0 Å². The molecule has 0 bridgehead atoms. The summed E-state index contributed by atoms with van der Waals surface area (Å²) in [5, 5.41) is 0. The third-order valence-corrected chi connectivity index (χ3v) is 3.47. The second-order valence-electron chi connectivity index (χ2n) is 5.34. The first-order valence-electron chi connectivity index (χ1n) is 7.64. The van der Waals surface area contributed by atoms with Crippen LogP contribution in [-0.2, 0) is 0 Å². The van der Waals surface area contributed by atoms with Crippen molar-refractivity contribution in [3.05, 3.63) is 47.0 Å². The van der Waals surface area contributed by atoms with Crippen molar-refractivity contribution >= 4 is 6.29 Å². The molecule has 0 heterocycles. The largest absolute Gasteiger partial charge is 0.493 e. The lowest BCUT2D eigenvalue weighted by Gasteiger charge is -2.18. The Morgan fingerprint density at radius 3 is 2.26 bits per heavy atom. The number of para-hydroxylation sites is 1. The Labute approximate surface area is 137 Å². The quantitative estimate of drug-likeness (QED) is 0.695. The van der Waals surface area contributed by atoms with Crippen molar-refractivity contribution in [3.63, 3.8) is 0 Å². The molecule has 0 spiro atoms. The van der Waals surface area contributed by atoms with E-state index in [0.717, 1.165) is 29.6 Å². The molecule has 0 radical (unpaired) electrons. The summed E-state index contributed by atoms with van der Waals surface area (Å²) in [5.74, 6) is 2.25. The standard InChI is InChI=1S/C19H22O4/c1-5-9-22-19-16(21-4)10-15(12-20)11-17(19)23-18-13(2)7-6-8-14(18)3/h6-8,10-12H,5,9H2,1-4H3. The van der Waals surface area contributed by atoms with E-state index in [1.54, 1.807) is 19.2 Å². The molecule has 0 amide bonds. The fraction of sp³-hybridized carbons (Fsp3) is 0.316. The SMILES string of the molecule is CCCOc1c(OC)cc(C=O)cc1Oc1c(C)cccc1C. The van der Waals surface area contributed by atoms with Crippen LogP contribution < -0.4 is 14.2 Å². The van der Waals surface area contributed by atoms with Gasteiger partial charge in [0.2, 0.25) is 5.75 Å². The van der Waals surface area contributed by atoms with Gasteiger partial charge in [-0.3, -0.25) is 4.79 Å². The molecule has 4 heteroatoms. The minimum atomic E-state index is 0.479. The van der Waals surface area contributed by atoms with Gasteiger partial charge in [-0.05, 0) is 43.5 Å². The molecule has 2 aromatic carbocycles. The number of aryl methyl sites for hydroxylation is 2. The van der Waals surface area contributed by atoms with Crippen molar-refractivity contribution in [2.75, 3.05) is 13.7 Å². The second kappa shape index (κ2) is 7.68. The Bertz CT molecular complexity index is 672. The number of hydrogen-bond acceptors (Lipinski definition) is 4. The summed E-state index contributed by atoms with van der Waals surface area (Å²) in [7, 11) is 1.55. The Hall–Kier alpha value is -2.49. The summed E-state index contributed by atoms with van der Waals surface area (Å²) in [6.07, 6.45) is 1.63. The number of rotatable bonds is 7. The van der Waals surface area contributed by atoms with Crippen LogP contribution in [0.15, 0.2) is 30.3 Å². The van der Waals surface area contributed by atoms with Crippen LogP contribution in [0.4, 0.5) is 0 Å². The predicted octanol–water partition coefficient (Wildman–Crippen LogP) is 4.71. The minimum absolute atomic E-state index is 0.479. The molecule has 0 aromatic heterocycles. The summed E-state index contributed by atoms with van der Waals surface area (Å²) >= 11 is 0. The zero-order valence-electron chi connectivity index (χ0n) is 14.0. The molecule has 0 fully saturated rings. The molecule has 23 heavy (non-hydrogen) atoms. The number of methoxy groups -OCH3 is 1. The molecule has 122 valence electrons. The average molecular weight is 314 g/mol. The molecule has 0 aliphatic heterocycles. The van der Waals surface area contributed by atoms with E-state index >= 15 is 0 Å². The molecular formula is C19H22O4. The van der Waals surface area contributed by atoms with Crippen LogP contribution >= 0.6 is 0 Å². The number of hydrogen-bond donors (Lipinski definition) is 0. The lowest BCUT2D eigenvalue weighted by Crippen LogP contribution is -2.02. The van der Waals surface area contributed by atoms with E-state index in [1.807, 2.05) is 39.0 Å². The summed E-state index contributed by atoms with van der Waals surface area (Å²) in [6, 6.07) is 9.27. The lowest BCUT2D eigenvalue weighted by atomic mass is 10.1. The first kappa shape index (κ1) is 16.9. The maximum Gasteiger partial charge on any atom is 0.204 e. The summed E-state index contributed by atoms with van der Waals surface area (Å²) in [4.78, 5) is 11.2. The molecule has 0 saturated carbocycles. The maximum absolute atomic E-state index is 11.2. The number of ether oxygens (including phenoxy) is 3. The first-order chi connectivity index (χ1) is 11.1. The first-order valence-corrected chi connectivity index (χ1v) is 7.64. The fourth-order valence-electron chi connectivity index (χ4n) is 2.31. The van der Waals surface area contributed by atoms with Crippen LogP contribution in [0.25, 0.3) is 0 Å². The van der Waals surface area contributed by atoms with Crippen molar-refractivity contribution in [1.82, 2.24) is 0 Å². The Morgan fingerprint density at radius 1 is 1.04 bits per heavy atom. The Balaban J connectivity index is 2.52. The lowest BCUT2D eigenvalue weighted by molar-refractivity contribution is 0.112. The zero-order chi connectivity index (χ0) is 16.8. The van der Waals surface area contributed by atoms with Crippen LogP contribution in [-0.4, -0.2) is 20.0 Å². The number of aldehydes is 1. The van der Waals surface area contributed by atoms with Gasteiger partial charge in [-0.2, -0.15) is 0 Å². The van der Waals surface area contributed by atoms with Gasteiger partial charge in [0.05, 0.1) is 13.7 Å². The molecular weight excluding hydrogens is 292 g/mol. The van der Waals surface area contributed by atoms with Crippen LogP contribution in [0.2, 0.25) is 0 Å². The normalized spacial score (nSPS) is 10.3. The molecule has 0 atom stereocenters. The van der Waals surface area contributed by atoms with Gasteiger partial charge in [0.15, 0.2) is 11.5 Å². The summed E-state index contributed by atoms with van der Waals surface area (Å²) in [6.45, 7) is 6.53. The molecule has 2 aromatic rings.